The van der Waals surface area contributed by atoms with E-state index in [0.717, 1.165) is 0 Å². The molecule has 0 aliphatic heterocycles. The van der Waals surface area contributed by atoms with Crippen LogP contribution in [0.3, 0.4) is 0 Å². The Morgan fingerprint density at radius 1 is 0.875 bits per heavy atom. The van der Waals surface area contributed by atoms with Gasteiger partial charge in [-0.2, -0.15) is 4.31 Å². The SMILES string of the molecule is CCN(CC)S(=O)(=O)c1ccc(O)c(NC(=O)c2cc(NC(C)=O)cc(NC(C)=O)c2)c1. The molecule has 2 rings (SSSR count). The molecule has 0 aliphatic carbocycles. The molecule has 172 valence electrons. The van der Waals surface area contributed by atoms with Crippen LogP contribution in [0.1, 0.15) is 38.1 Å². The molecule has 0 bridgehead atoms. The third kappa shape index (κ3) is 6.05. The molecular weight excluding hydrogens is 436 g/mol. The summed E-state index contributed by atoms with van der Waals surface area (Å²) >= 11 is 0. The lowest BCUT2D eigenvalue weighted by Crippen LogP contribution is -2.30. The van der Waals surface area contributed by atoms with Gasteiger partial charge in [0.05, 0.1) is 10.6 Å². The Hall–Kier alpha value is -3.44. The smallest absolute Gasteiger partial charge is 0.255 e. The highest BCUT2D eigenvalue weighted by Crippen LogP contribution is 2.29. The molecule has 2 aromatic carbocycles. The average Bonchev–Trinajstić information content (AvgIpc) is 2.68. The van der Waals surface area contributed by atoms with E-state index in [9.17, 15) is 27.9 Å². The maximum absolute atomic E-state index is 12.8. The van der Waals surface area contributed by atoms with Crippen molar-refractivity contribution in [3.63, 3.8) is 0 Å². The molecule has 3 amide bonds. The first-order chi connectivity index (χ1) is 15.0. The number of rotatable bonds is 8. The largest absolute Gasteiger partial charge is 0.506 e. The second-order valence-electron chi connectivity index (χ2n) is 6.88. The molecule has 0 atom stereocenters. The minimum atomic E-state index is -3.81. The van der Waals surface area contributed by atoms with Gasteiger partial charge in [-0.05, 0) is 36.4 Å². The molecule has 0 fully saturated rings. The maximum atomic E-state index is 12.8. The van der Waals surface area contributed by atoms with Gasteiger partial charge < -0.3 is 21.1 Å². The lowest BCUT2D eigenvalue weighted by Gasteiger charge is -2.19. The molecule has 0 heterocycles. The molecule has 0 aromatic heterocycles. The van der Waals surface area contributed by atoms with Gasteiger partial charge in [-0.3, -0.25) is 14.4 Å². The average molecular weight is 463 g/mol. The van der Waals surface area contributed by atoms with Crippen LogP contribution in [0.15, 0.2) is 41.3 Å². The van der Waals surface area contributed by atoms with Crippen molar-refractivity contribution in [2.24, 2.45) is 0 Å². The number of hydrogen-bond acceptors (Lipinski definition) is 6. The fraction of sp³-hybridized carbons (Fsp3) is 0.286. The van der Waals surface area contributed by atoms with Crippen LogP contribution in [-0.2, 0) is 19.6 Å². The first-order valence-electron chi connectivity index (χ1n) is 9.82. The molecule has 0 aliphatic rings. The summed E-state index contributed by atoms with van der Waals surface area (Å²) in [6.45, 7) is 6.54. The molecule has 32 heavy (non-hydrogen) atoms. The predicted molar refractivity (Wildman–Crippen MR) is 121 cm³/mol. The van der Waals surface area contributed by atoms with Crippen LogP contribution in [0.25, 0.3) is 0 Å². The van der Waals surface area contributed by atoms with Gasteiger partial charge in [-0.15, -0.1) is 0 Å². The normalized spacial score (nSPS) is 11.2. The van der Waals surface area contributed by atoms with Gasteiger partial charge in [-0.1, -0.05) is 13.8 Å². The van der Waals surface area contributed by atoms with Gasteiger partial charge in [0.15, 0.2) is 0 Å². The number of phenols is 1. The lowest BCUT2D eigenvalue weighted by molar-refractivity contribution is -0.115. The van der Waals surface area contributed by atoms with Crippen LogP contribution >= 0.6 is 0 Å². The third-order valence-electron chi connectivity index (χ3n) is 4.40. The standard InChI is InChI=1S/C21H26N4O6S/c1-5-25(6-2)32(30,31)18-7-8-20(28)19(12-18)24-21(29)15-9-16(22-13(3)26)11-17(10-15)23-14(4)27/h7-12,28H,5-6H2,1-4H3,(H,22,26)(H,23,27)(H,24,29). The monoisotopic (exact) mass is 462 g/mol. The molecule has 11 heteroatoms. The number of nitrogens with zero attached hydrogens (tertiary/aromatic N) is 1. The van der Waals surface area contributed by atoms with E-state index in [1.807, 2.05) is 0 Å². The van der Waals surface area contributed by atoms with E-state index in [2.05, 4.69) is 16.0 Å². The van der Waals surface area contributed by atoms with Gasteiger partial charge in [0.25, 0.3) is 5.91 Å². The molecule has 0 radical (unpaired) electrons. The number of anilines is 3. The van der Waals surface area contributed by atoms with E-state index in [0.29, 0.717) is 0 Å². The van der Waals surface area contributed by atoms with Crippen molar-refractivity contribution in [1.82, 2.24) is 4.31 Å². The lowest BCUT2D eigenvalue weighted by atomic mass is 10.1. The van der Waals surface area contributed by atoms with Crippen molar-refractivity contribution in [2.45, 2.75) is 32.6 Å². The first kappa shape index (κ1) is 24.8. The molecule has 2 aromatic rings. The van der Waals surface area contributed by atoms with Crippen molar-refractivity contribution in [1.29, 1.82) is 0 Å². The quantitative estimate of drug-likeness (QED) is 0.444. The number of carbonyl (C=O) groups excluding carboxylic acids is 3. The summed E-state index contributed by atoms with van der Waals surface area (Å²) in [6, 6.07) is 7.86. The van der Waals surface area contributed by atoms with Crippen molar-refractivity contribution >= 4 is 44.8 Å². The van der Waals surface area contributed by atoms with Crippen LogP contribution in [0.5, 0.6) is 5.75 Å². The van der Waals surface area contributed by atoms with Crippen molar-refractivity contribution < 1.29 is 27.9 Å². The van der Waals surface area contributed by atoms with E-state index in [-0.39, 0.29) is 58.2 Å². The second kappa shape index (κ2) is 10.2. The summed E-state index contributed by atoms with van der Waals surface area (Å²) in [5, 5.41) is 17.7. The van der Waals surface area contributed by atoms with Crippen LogP contribution < -0.4 is 16.0 Å². The molecule has 0 saturated carbocycles. The van der Waals surface area contributed by atoms with Crippen molar-refractivity contribution in [3.8, 4) is 5.75 Å². The Morgan fingerprint density at radius 2 is 1.41 bits per heavy atom. The predicted octanol–water partition coefficient (Wildman–Crippen LogP) is 2.59. The molecule has 10 nitrogen and oxygen atoms in total. The number of nitrogens with one attached hydrogen (secondary N) is 3. The van der Waals surface area contributed by atoms with Crippen molar-refractivity contribution in [2.75, 3.05) is 29.0 Å². The highest BCUT2D eigenvalue weighted by atomic mass is 32.2. The highest BCUT2D eigenvalue weighted by Gasteiger charge is 2.23. The van der Waals surface area contributed by atoms with Gasteiger partial charge in [0, 0.05) is 43.9 Å². The Balaban J connectivity index is 2.42. The van der Waals surface area contributed by atoms with E-state index in [4.69, 9.17) is 0 Å². The fourth-order valence-electron chi connectivity index (χ4n) is 2.99. The zero-order valence-corrected chi connectivity index (χ0v) is 19.0. The number of aromatic hydroxyl groups is 1. The van der Waals surface area contributed by atoms with Crippen LogP contribution in [0.4, 0.5) is 17.1 Å². The van der Waals surface area contributed by atoms with E-state index >= 15 is 0 Å². The van der Waals surface area contributed by atoms with Crippen molar-refractivity contribution in [3.05, 3.63) is 42.0 Å². The number of amides is 3. The topological polar surface area (TPSA) is 145 Å². The summed E-state index contributed by atoms with van der Waals surface area (Å²) in [4.78, 5) is 35.6. The summed E-state index contributed by atoms with van der Waals surface area (Å²) in [5.74, 6) is -1.75. The molecule has 0 unspecified atom stereocenters. The Bertz CT molecular complexity index is 1110. The minimum absolute atomic E-state index is 0.0661. The van der Waals surface area contributed by atoms with Crippen LogP contribution in [-0.4, -0.2) is 48.6 Å². The van der Waals surface area contributed by atoms with Gasteiger partial charge in [0.1, 0.15) is 5.75 Å². The molecular formula is C21H26N4O6S. The van der Waals surface area contributed by atoms with E-state index in [1.165, 1.54) is 54.6 Å². The number of benzene rings is 2. The third-order valence-corrected chi connectivity index (χ3v) is 6.44. The fourth-order valence-corrected chi connectivity index (χ4v) is 4.48. The highest BCUT2D eigenvalue weighted by molar-refractivity contribution is 7.89. The van der Waals surface area contributed by atoms with Crippen LogP contribution in [0.2, 0.25) is 0 Å². The molecule has 0 spiro atoms. The first-order valence-corrected chi connectivity index (χ1v) is 11.3. The van der Waals surface area contributed by atoms with Gasteiger partial charge in [0.2, 0.25) is 21.8 Å². The zero-order chi connectivity index (χ0) is 24.1. The number of phenolic OH excluding ortho intramolecular Hbond substituents is 1. The Labute approximate surface area is 186 Å². The van der Waals surface area contributed by atoms with Crippen LogP contribution in [0, 0.1) is 0 Å². The molecule has 4 N–H and O–H groups in total. The minimum Gasteiger partial charge on any atom is -0.506 e. The van der Waals surface area contributed by atoms with E-state index in [1.54, 1.807) is 13.8 Å². The number of hydrogen-bond donors (Lipinski definition) is 4. The second-order valence-corrected chi connectivity index (χ2v) is 8.82. The summed E-state index contributed by atoms with van der Waals surface area (Å²) in [5.41, 5.74) is 0.512. The Kier molecular flexibility index (Phi) is 7.95. The van der Waals surface area contributed by atoms with E-state index < -0.39 is 15.9 Å². The Morgan fingerprint density at radius 3 is 1.88 bits per heavy atom. The maximum Gasteiger partial charge on any atom is 0.255 e. The summed E-state index contributed by atoms with van der Waals surface area (Å²) < 4.78 is 26.8. The van der Waals surface area contributed by atoms with Gasteiger partial charge >= 0.3 is 0 Å². The summed E-state index contributed by atoms with van der Waals surface area (Å²) in [7, 11) is -3.81. The summed E-state index contributed by atoms with van der Waals surface area (Å²) in [6.07, 6.45) is 0. The number of carbonyl (C=O) groups is 3. The number of sulfonamides is 1. The zero-order valence-electron chi connectivity index (χ0n) is 18.2. The molecule has 0 saturated heterocycles. The van der Waals surface area contributed by atoms with Gasteiger partial charge in [-0.25, -0.2) is 8.42 Å².